The molecular formula is C11H21F3N2O. The van der Waals surface area contributed by atoms with Gasteiger partial charge in [0, 0.05) is 13.1 Å². The Labute approximate surface area is 100 Å². The van der Waals surface area contributed by atoms with E-state index < -0.39 is 12.8 Å². The molecule has 0 unspecified atom stereocenters. The number of likely N-dealkylation sites (tertiary alicyclic amines) is 1. The maximum absolute atomic E-state index is 11.9. The third-order valence-corrected chi connectivity index (χ3v) is 2.93. The van der Waals surface area contributed by atoms with E-state index in [0.717, 1.165) is 39.0 Å². The predicted molar refractivity (Wildman–Crippen MR) is 59.7 cm³/mol. The molecule has 0 aromatic rings. The van der Waals surface area contributed by atoms with Crippen LogP contribution in [-0.2, 0) is 4.74 Å². The molecule has 17 heavy (non-hydrogen) atoms. The van der Waals surface area contributed by atoms with Crippen LogP contribution in [0.3, 0.4) is 0 Å². The Balaban J connectivity index is 2.07. The third kappa shape index (κ3) is 6.85. The summed E-state index contributed by atoms with van der Waals surface area (Å²) in [7, 11) is 0. The van der Waals surface area contributed by atoms with Crippen molar-refractivity contribution in [3.05, 3.63) is 0 Å². The smallest absolute Gasteiger partial charge is 0.357 e. The molecule has 1 N–H and O–H groups in total. The largest absolute Gasteiger partial charge is 0.411 e. The van der Waals surface area contributed by atoms with Crippen molar-refractivity contribution in [1.82, 2.24) is 10.2 Å². The van der Waals surface area contributed by atoms with Gasteiger partial charge in [-0.15, -0.1) is 0 Å². The summed E-state index contributed by atoms with van der Waals surface area (Å²) in [4.78, 5) is 1.94. The Morgan fingerprint density at radius 1 is 1.29 bits per heavy atom. The topological polar surface area (TPSA) is 24.5 Å². The van der Waals surface area contributed by atoms with E-state index in [-0.39, 0.29) is 6.73 Å². The highest BCUT2D eigenvalue weighted by Gasteiger charge is 2.28. The van der Waals surface area contributed by atoms with Gasteiger partial charge in [-0.25, -0.2) is 0 Å². The van der Waals surface area contributed by atoms with Crippen LogP contribution in [0.4, 0.5) is 13.2 Å². The molecule has 0 aliphatic carbocycles. The number of ether oxygens (including phenoxy) is 1. The molecular weight excluding hydrogens is 233 g/mol. The highest BCUT2D eigenvalue weighted by molar-refractivity contribution is 4.72. The van der Waals surface area contributed by atoms with E-state index in [2.05, 4.69) is 17.0 Å². The maximum Gasteiger partial charge on any atom is 0.411 e. The molecule has 0 amide bonds. The van der Waals surface area contributed by atoms with Crippen LogP contribution in [0.2, 0.25) is 0 Å². The van der Waals surface area contributed by atoms with Gasteiger partial charge in [0.05, 0.1) is 6.73 Å². The summed E-state index contributed by atoms with van der Waals surface area (Å²) in [5.74, 6) is 0.647. The lowest BCUT2D eigenvalue weighted by molar-refractivity contribution is -0.184. The molecule has 102 valence electrons. The van der Waals surface area contributed by atoms with E-state index in [1.165, 1.54) is 0 Å². The van der Waals surface area contributed by atoms with E-state index in [4.69, 9.17) is 0 Å². The summed E-state index contributed by atoms with van der Waals surface area (Å²) in [5.41, 5.74) is 0. The molecule has 1 fully saturated rings. The lowest BCUT2D eigenvalue weighted by atomic mass is 9.97. The Kier molecular flexibility index (Phi) is 6.22. The van der Waals surface area contributed by atoms with Crippen LogP contribution in [0.1, 0.15) is 19.8 Å². The Morgan fingerprint density at radius 2 is 1.94 bits per heavy atom. The molecule has 6 heteroatoms. The van der Waals surface area contributed by atoms with Crippen molar-refractivity contribution in [1.29, 1.82) is 0 Å². The van der Waals surface area contributed by atoms with Gasteiger partial charge in [-0.05, 0) is 31.8 Å². The average molecular weight is 254 g/mol. The molecule has 0 spiro atoms. The van der Waals surface area contributed by atoms with Crippen molar-refractivity contribution in [3.63, 3.8) is 0 Å². The predicted octanol–water partition coefficient (Wildman–Crippen LogP) is 1.84. The zero-order valence-corrected chi connectivity index (χ0v) is 10.2. The number of alkyl halides is 3. The molecule has 1 aliphatic rings. The highest BCUT2D eigenvalue weighted by atomic mass is 19.4. The van der Waals surface area contributed by atoms with Gasteiger partial charge in [-0.1, -0.05) is 6.92 Å². The van der Waals surface area contributed by atoms with Gasteiger partial charge in [0.2, 0.25) is 0 Å². The number of nitrogens with one attached hydrogen (secondary N) is 1. The van der Waals surface area contributed by atoms with Crippen molar-refractivity contribution in [2.75, 3.05) is 39.5 Å². The van der Waals surface area contributed by atoms with Gasteiger partial charge < -0.3 is 10.1 Å². The Hall–Kier alpha value is -0.330. The summed E-state index contributed by atoms with van der Waals surface area (Å²) in [6.07, 6.45) is -2.16. The van der Waals surface area contributed by atoms with Crippen LogP contribution < -0.4 is 5.32 Å². The first-order chi connectivity index (χ1) is 8.01. The number of nitrogens with zero attached hydrogens (tertiary/aromatic N) is 1. The summed E-state index contributed by atoms with van der Waals surface area (Å²) < 4.78 is 40.2. The second-order valence-electron chi connectivity index (χ2n) is 4.46. The van der Waals surface area contributed by atoms with Crippen LogP contribution in [-0.4, -0.2) is 50.6 Å². The monoisotopic (exact) mass is 254 g/mol. The van der Waals surface area contributed by atoms with E-state index in [1.54, 1.807) is 0 Å². The quantitative estimate of drug-likeness (QED) is 0.783. The Morgan fingerprint density at radius 3 is 2.47 bits per heavy atom. The van der Waals surface area contributed by atoms with Gasteiger partial charge in [0.1, 0.15) is 6.61 Å². The number of halogens is 3. The van der Waals surface area contributed by atoms with Gasteiger partial charge in [0.25, 0.3) is 0 Å². The molecule has 1 saturated heterocycles. The molecule has 3 nitrogen and oxygen atoms in total. The summed E-state index contributed by atoms with van der Waals surface area (Å²) in [5, 5.41) is 3.30. The average Bonchev–Trinajstić information content (AvgIpc) is 2.26. The normalized spacial score (nSPS) is 19.8. The minimum Gasteiger partial charge on any atom is -0.357 e. The summed E-state index contributed by atoms with van der Waals surface area (Å²) in [6.45, 7) is 4.64. The number of piperidine rings is 1. The molecule has 0 aromatic heterocycles. The van der Waals surface area contributed by atoms with Crippen molar-refractivity contribution >= 4 is 0 Å². The second kappa shape index (κ2) is 7.18. The molecule has 1 heterocycles. The standard InChI is InChI=1S/C11H21F3N2O/c1-2-15-7-10-3-5-16(6-4-10)9-17-8-11(12,13)14/h10,15H,2-9H2,1H3. The fourth-order valence-corrected chi connectivity index (χ4v) is 1.96. The summed E-state index contributed by atoms with van der Waals surface area (Å²) >= 11 is 0. The minimum absolute atomic E-state index is 0.0907. The van der Waals surface area contributed by atoms with Crippen molar-refractivity contribution < 1.29 is 17.9 Å². The molecule has 0 atom stereocenters. The van der Waals surface area contributed by atoms with Crippen LogP contribution in [0, 0.1) is 5.92 Å². The van der Waals surface area contributed by atoms with Crippen LogP contribution in [0.25, 0.3) is 0 Å². The lowest BCUT2D eigenvalue weighted by Gasteiger charge is -2.31. The fraction of sp³-hybridized carbons (Fsp3) is 1.00. The zero-order chi connectivity index (χ0) is 12.7. The first-order valence-electron chi connectivity index (χ1n) is 6.09. The number of hydrogen-bond donors (Lipinski definition) is 1. The SMILES string of the molecule is CCNCC1CCN(COCC(F)(F)F)CC1. The van der Waals surface area contributed by atoms with Gasteiger partial charge in [-0.2, -0.15) is 13.2 Å². The molecule has 0 bridgehead atoms. The van der Waals surface area contributed by atoms with Crippen molar-refractivity contribution in [2.24, 2.45) is 5.92 Å². The van der Waals surface area contributed by atoms with Crippen LogP contribution >= 0.6 is 0 Å². The van der Waals surface area contributed by atoms with Gasteiger partial charge >= 0.3 is 6.18 Å². The highest BCUT2D eigenvalue weighted by Crippen LogP contribution is 2.18. The van der Waals surface area contributed by atoms with Crippen molar-refractivity contribution in [3.8, 4) is 0 Å². The zero-order valence-electron chi connectivity index (χ0n) is 10.2. The van der Waals surface area contributed by atoms with E-state index >= 15 is 0 Å². The van der Waals surface area contributed by atoms with Crippen molar-refractivity contribution in [2.45, 2.75) is 25.9 Å². The molecule has 0 radical (unpaired) electrons. The maximum atomic E-state index is 11.9. The molecule has 0 aromatic carbocycles. The Bertz CT molecular complexity index is 203. The van der Waals surface area contributed by atoms with Gasteiger partial charge in [0.15, 0.2) is 0 Å². The number of rotatable bonds is 6. The minimum atomic E-state index is -4.22. The first kappa shape index (κ1) is 14.7. The van der Waals surface area contributed by atoms with Gasteiger partial charge in [-0.3, -0.25) is 4.90 Å². The van der Waals surface area contributed by atoms with Crippen LogP contribution in [0.5, 0.6) is 0 Å². The third-order valence-electron chi connectivity index (χ3n) is 2.93. The van der Waals surface area contributed by atoms with E-state index in [1.807, 2.05) is 4.90 Å². The molecule has 1 rings (SSSR count). The second-order valence-corrected chi connectivity index (χ2v) is 4.46. The van der Waals surface area contributed by atoms with Crippen LogP contribution in [0.15, 0.2) is 0 Å². The summed E-state index contributed by atoms with van der Waals surface area (Å²) in [6, 6.07) is 0. The van der Waals surface area contributed by atoms with E-state index in [9.17, 15) is 13.2 Å². The lowest BCUT2D eigenvalue weighted by Crippen LogP contribution is -2.39. The molecule has 1 aliphatic heterocycles. The first-order valence-corrected chi connectivity index (χ1v) is 6.09. The fourth-order valence-electron chi connectivity index (χ4n) is 1.96. The number of hydrogen-bond acceptors (Lipinski definition) is 3. The molecule has 0 saturated carbocycles. The van der Waals surface area contributed by atoms with E-state index in [0.29, 0.717) is 5.92 Å².